The van der Waals surface area contributed by atoms with Crippen molar-refractivity contribution in [2.24, 2.45) is 0 Å². The quantitative estimate of drug-likeness (QED) is 0.573. The lowest BCUT2D eigenvalue weighted by molar-refractivity contribution is 0.174. The van der Waals surface area contributed by atoms with Crippen LogP contribution < -0.4 is 10.1 Å². The van der Waals surface area contributed by atoms with Gasteiger partial charge in [-0.15, -0.1) is 0 Å². The van der Waals surface area contributed by atoms with Crippen molar-refractivity contribution < 1.29 is 9.84 Å². The molecule has 4 heteroatoms. The summed E-state index contributed by atoms with van der Waals surface area (Å²) < 4.78 is 6.00. The fourth-order valence-corrected chi connectivity index (χ4v) is 3.00. The van der Waals surface area contributed by atoms with Gasteiger partial charge < -0.3 is 15.2 Å². The van der Waals surface area contributed by atoms with Crippen LogP contribution in [0.2, 0.25) is 5.02 Å². The summed E-state index contributed by atoms with van der Waals surface area (Å²) in [4.78, 5) is 0. The molecule has 0 unspecified atom stereocenters. The molecule has 0 fully saturated rings. The van der Waals surface area contributed by atoms with Crippen molar-refractivity contribution in [2.75, 3.05) is 6.54 Å². The van der Waals surface area contributed by atoms with Gasteiger partial charge in [0, 0.05) is 23.7 Å². The van der Waals surface area contributed by atoms with Gasteiger partial charge in [-0.25, -0.2) is 0 Å². The lowest BCUT2D eigenvalue weighted by Crippen LogP contribution is -2.21. The van der Waals surface area contributed by atoms with Crippen LogP contribution in [0.4, 0.5) is 0 Å². The molecule has 3 aromatic rings. The molecule has 0 aliphatic heterocycles. The van der Waals surface area contributed by atoms with Gasteiger partial charge in [0.15, 0.2) is 0 Å². The molecule has 0 saturated carbocycles. The number of rotatable bonds is 8. The fourth-order valence-electron chi connectivity index (χ4n) is 2.81. The van der Waals surface area contributed by atoms with E-state index in [4.69, 9.17) is 16.3 Å². The Kier molecular flexibility index (Phi) is 6.88. The molecule has 27 heavy (non-hydrogen) atoms. The first-order valence-electron chi connectivity index (χ1n) is 9.02. The Labute approximate surface area is 165 Å². The van der Waals surface area contributed by atoms with Crippen molar-refractivity contribution in [2.45, 2.75) is 26.2 Å². The van der Waals surface area contributed by atoms with Crippen LogP contribution in [0.5, 0.6) is 5.75 Å². The summed E-state index contributed by atoms with van der Waals surface area (Å²) in [5.74, 6) is 0.793. The summed E-state index contributed by atoms with van der Waals surface area (Å²) in [6, 6.07) is 23.5. The van der Waals surface area contributed by atoms with Crippen LogP contribution in [0.1, 0.15) is 28.4 Å². The molecule has 0 spiro atoms. The zero-order valence-electron chi connectivity index (χ0n) is 15.4. The third-order valence-corrected chi connectivity index (χ3v) is 4.61. The van der Waals surface area contributed by atoms with Gasteiger partial charge in [-0.2, -0.15) is 0 Å². The third kappa shape index (κ3) is 5.83. The van der Waals surface area contributed by atoms with Gasteiger partial charge in [0.1, 0.15) is 12.4 Å². The standard InChI is InChI=1S/C23H24ClNO2/c1-17-7-9-18(10-8-17)16-27-23-12-11-21(24)13-20(23)14-25-15-22(26)19-5-3-2-4-6-19/h2-13,22,25-26H,14-16H2,1H3/t22-/m1/s1. The van der Waals surface area contributed by atoms with E-state index < -0.39 is 6.10 Å². The normalized spacial score (nSPS) is 12.0. The van der Waals surface area contributed by atoms with Crippen molar-refractivity contribution in [3.05, 3.63) is 100 Å². The van der Waals surface area contributed by atoms with E-state index in [0.29, 0.717) is 24.7 Å². The van der Waals surface area contributed by atoms with Crippen LogP contribution in [0.15, 0.2) is 72.8 Å². The number of aliphatic hydroxyl groups is 1. The first-order chi connectivity index (χ1) is 13.1. The zero-order valence-corrected chi connectivity index (χ0v) is 16.1. The molecule has 0 bridgehead atoms. The highest BCUT2D eigenvalue weighted by atomic mass is 35.5. The summed E-state index contributed by atoms with van der Waals surface area (Å²) in [5, 5.41) is 14.2. The average Bonchev–Trinajstić information content (AvgIpc) is 2.69. The number of aryl methyl sites for hydroxylation is 1. The number of benzene rings is 3. The molecule has 0 aliphatic rings. The van der Waals surface area contributed by atoms with Crippen LogP contribution >= 0.6 is 11.6 Å². The second-order valence-electron chi connectivity index (χ2n) is 6.58. The number of ether oxygens (including phenoxy) is 1. The van der Waals surface area contributed by atoms with Crippen LogP contribution in [0.3, 0.4) is 0 Å². The van der Waals surface area contributed by atoms with Gasteiger partial charge in [-0.05, 0) is 36.2 Å². The molecule has 3 nitrogen and oxygen atoms in total. The van der Waals surface area contributed by atoms with Crippen LogP contribution in [0.25, 0.3) is 0 Å². The largest absolute Gasteiger partial charge is 0.489 e. The van der Waals surface area contributed by atoms with E-state index in [9.17, 15) is 5.11 Å². The first kappa shape index (κ1) is 19.4. The third-order valence-electron chi connectivity index (χ3n) is 4.37. The second kappa shape index (κ2) is 9.56. The smallest absolute Gasteiger partial charge is 0.124 e. The van der Waals surface area contributed by atoms with Gasteiger partial charge in [0.25, 0.3) is 0 Å². The molecular weight excluding hydrogens is 358 g/mol. The minimum absolute atomic E-state index is 0.452. The number of hydrogen-bond donors (Lipinski definition) is 2. The molecule has 3 rings (SSSR count). The van der Waals surface area contributed by atoms with Crippen molar-refractivity contribution in [1.29, 1.82) is 0 Å². The minimum Gasteiger partial charge on any atom is -0.489 e. The van der Waals surface area contributed by atoms with E-state index >= 15 is 0 Å². The highest BCUT2D eigenvalue weighted by Gasteiger charge is 2.09. The molecular formula is C23H24ClNO2. The maximum Gasteiger partial charge on any atom is 0.124 e. The van der Waals surface area contributed by atoms with Crippen molar-refractivity contribution in [3.8, 4) is 5.75 Å². The topological polar surface area (TPSA) is 41.5 Å². The summed E-state index contributed by atoms with van der Waals surface area (Å²) in [7, 11) is 0. The van der Waals surface area contributed by atoms with Gasteiger partial charge in [0.05, 0.1) is 6.10 Å². The summed E-state index contributed by atoms with van der Waals surface area (Å²) in [6.45, 7) is 3.58. The lowest BCUT2D eigenvalue weighted by Gasteiger charge is -2.15. The Morgan fingerprint density at radius 3 is 2.48 bits per heavy atom. The maximum absolute atomic E-state index is 10.3. The van der Waals surface area contributed by atoms with Gasteiger partial charge >= 0.3 is 0 Å². The number of aliphatic hydroxyl groups excluding tert-OH is 1. The van der Waals surface area contributed by atoms with Crippen molar-refractivity contribution >= 4 is 11.6 Å². The molecule has 0 radical (unpaired) electrons. The number of hydrogen-bond acceptors (Lipinski definition) is 3. The highest BCUT2D eigenvalue weighted by molar-refractivity contribution is 6.30. The molecule has 0 saturated heterocycles. The lowest BCUT2D eigenvalue weighted by atomic mass is 10.1. The molecule has 0 amide bonds. The Morgan fingerprint density at radius 2 is 1.74 bits per heavy atom. The molecule has 2 N–H and O–H groups in total. The molecule has 3 aromatic carbocycles. The Hall–Kier alpha value is -2.33. The number of halogens is 1. The molecule has 0 heterocycles. The number of nitrogens with one attached hydrogen (secondary N) is 1. The minimum atomic E-state index is -0.553. The van der Waals surface area contributed by atoms with Crippen LogP contribution in [-0.2, 0) is 13.2 Å². The van der Waals surface area contributed by atoms with Crippen molar-refractivity contribution in [1.82, 2.24) is 5.32 Å². The van der Waals surface area contributed by atoms with Gasteiger partial charge in [-0.1, -0.05) is 71.8 Å². The predicted octanol–water partition coefficient (Wildman–Crippen LogP) is 5.05. The first-order valence-corrected chi connectivity index (χ1v) is 9.40. The van der Waals surface area contributed by atoms with Crippen LogP contribution in [-0.4, -0.2) is 11.7 Å². The summed E-state index contributed by atoms with van der Waals surface area (Å²) in [6.07, 6.45) is -0.553. The van der Waals surface area contributed by atoms with E-state index in [2.05, 4.69) is 36.5 Å². The van der Waals surface area contributed by atoms with Crippen molar-refractivity contribution in [3.63, 3.8) is 0 Å². The Morgan fingerprint density at radius 1 is 1.00 bits per heavy atom. The highest BCUT2D eigenvalue weighted by Crippen LogP contribution is 2.24. The van der Waals surface area contributed by atoms with E-state index in [0.717, 1.165) is 22.4 Å². The SMILES string of the molecule is Cc1ccc(COc2ccc(Cl)cc2CNC[C@@H](O)c2ccccc2)cc1. The summed E-state index contributed by atoms with van der Waals surface area (Å²) in [5.41, 5.74) is 4.21. The van der Waals surface area contributed by atoms with E-state index in [1.807, 2.05) is 48.5 Å². The van der Waals surface area contributed by atoms with E-state index in [-0.39, 0.29) is 0 Å². The monoisotopic (exact) mass is 381 g/mol. The molecule has 140 valence electrons. The van der Waals surface area contributed by atoms with Crippen LogP contribution in [0, 0.1) is 6.92 Å². The molecule has 0 aromatic heterocycles. The molecule has 0 aliphatic carbocycles. The van der Waals surface area contributed by atoms with Gasteiger partial charge in [-0.3, -0.25) is 0 Å². The summed E-state index contributed by atoms with van der Waals surface area (Å²) >= 11 is 6.16. The Balaban J connectivity index is 1.59. The van der Waals surface area contributed by atoms with E-state index in [1.54, 1.807) is 0 Å². The second-order valence-corrected chi connectivity index (χ2v) is 7.02. The maximum atomic E-state index is 10.3. The predicted molar refractivity (Wildman–Crippen MR) is 110 cm³/mol. The van der Waals surface area contributed by atoms with E-state index in [1.165, 1.54) is 5.56 Å². The van der Waals surface area contributed by atoms with Gasteiger partial charge in [0.2, 0.25) is 0 Å². The fraction of sp³-hybridized carbons (Fsp3) is 0.217. The average molecular weight is 382 g/mol. The zero-order chi connectivity index (χ0) is 19.1. The Bertz CT molecular complexity index is 850. The molecule has 1 atom stereocenters.